The number of hydrogen-bond donors (Lipinski definition) is 1. The van der Waals surface area contributed by atoms with Crippen LogP contribution in [0.25, 0.3) is 0 Å². The summed E-state index contributed by atoms with van der Waals surface area (Å²) in [7, 11) is -0.811. The van der Waals surface area contributed by atoms with Crippen LogP contribution in [0.2, 0.25) is 0 Å². The molecule has 0 aromatic heterocycles. The van der Waals surface area contributed by atoms with Gasteiger partial charge >= 0.3 is 0 Å². The lowest BCUT2D eigenvalue weighted by Gasteiger charge is -2.23. The van der Waals surface area contributed by atoms with Gasteiger partial charge < -0.3 is 14.4 Å². The number of methoxy groups -OCH3 is 2. The van der Waals surface area contributed by atoms with E-state index in [4.69, 9.17) is 9.47 Å². The van der Waals surface area contributed by atoms with Gasteiger partial charge in [0.2, 0.25) is 10.0 Å². The highest BCUT2D eigenvalue weighted by molar-refractivity contribution is 7.89. The van der Waals surface area contributed by atoms with Crippen molar-refractivity contribution in [1.29, 1.82) is 0 Å². The molecule has 1 fully saturated rings. The molecule has 1 saturated heterocycles. The fourth-order valence-electron chi connectivity index (χ4n) is 4.28. The molecule has 0 bridgehead atoms. The lowest BCUT2D eigenvalue weighted by molar-refractivity contribution is 0.0758. The number of nitrogens with one attached hydrogen (secondary N) is 1. The monoisotopic (exact) mass is 488 g/mol. The number of amides is 1. The molecule has 7 nitrogen and oxygen atoms in total. The average Bonchev–Trinajstić information content (AvgIpc) is 3.12. The van der Waals surface area contributed by atoms with Gasteiger partial charge in [0.1, 0.15) is 11.5 Å². The minimum atomic E-state index is -3.90. The smallest absolute Gasteiger partial charge is 0.257 e. The zero-order valence-corrected chi connectivity index (χ0v) is 21.4. The zero-order valence-electron chi connectivity index (χ0n) is 20.5. The summed E-state index contributed by atoms with van der Waals surface area (Å²) in [6.45, 7) is 5.45. The van der Waals surface area contributed by atoms with Crippen LogP contribution in [0.3, 0.4) is 0 Å². The van der Waals surface area contributed by atoms with Gasteiger partial charge in [-0.05, 0) is 61.1 Å². The van der Waals surface area contributed by atoms with Crippen LogP contribution in [0.4, 0.5) is 0 Å². The predicted molar refractivity (Wildman–Crippen MR) is 133 cm³/mol. The maximum atomic E-state index is 13.4. The number of ether oxygens (including phenoxy) is 2. The molecule has 1 aliphatic heterocycles. The third-order valence-electron chi connectivity index (χ3n) is 6.13. The van der Waals surface area contributed by atoms with E-state index < -0.39 is 16.1 Å². The Kier molecular flexibility index (Phi) is 8.97. The number of likely N-dealkylation sites (tertiary alicyclic amines) is 1. The molecule has 2 aromatic rings. The molecule has 2 aromatic carbocycles. The van der Waals surface area contributed by atoms with Crippen molar-refractivity contribution in [3.05, 3.63) is 53.6 Å². The molecule has 186 valence electrons. The van der Waals surface area contributed by atoms with E-state index in [9.17, 15) is 13.2 Å². The molecule has 0 radical (unpaired) electrons. The number of sulfonamides is 1. The summed E-state index contributed by atoms with van der Waals surface area (Å²) in [5.74, 6) is 1.17. The second kappa shape index (κ2) is 11.7. The number of hydrogen-bond acceptors (Lipinski definition) is 5. The summed E-state index contributed by atoms with van der Waals surface area (Å²) in [5, 5.41) is 0. The van der Waals surface area contributed by atoms with E-state index in [-0.39, 0.29) is 22.3 Å². The van der Waals surface area contributed by atoms with E-state index in [2.05, 4.69) is 18.6 Å². The van der Waals surface area contributed by atoms with Crippen LogP contribution in [0, 0.1) is 5.92 Å². The minimum Gasteiger partial charge on any atom is -0.497 e. The summed E-state index contributed by atoms with van der Waals surface area (Å²) < 4.78 is 40.3. The Morgan fingerprint density at radius 3 is 2.18 bits per heavy atom. The summed E-state index contributed by atoms with van der Waals surface area (Å²) in [4.78, 5) is 15.1. The average molecular weight is 489 g/mol. The lowest BCUT2D eigenvalue weighted by Crippen LogP contribution is -2.33. The van der Waals surface area contributed by atoms with Crippen molar-refractivity contribution in [2.24, 2.45) is 5.92 Å². The van der Waals surface area contributed by atoms with Crippen LogP contribution in [0.5, 0.6) is 11.5 Å². The van der Waals surface area contributed by atoms with Crippen molar-refractivity contribution in [1.82, 2.24) is 9.62 Å². The summed E-state index contributed by atoms with van der Waals surface area (Å²) in [6.07, 6.45) is 4.73. The molecule has 1 heterocycles. The van der Waals surface area contributed by atoms with Gasteiger partial charge in [-0.2, -0.15) is 0 Å². The highest BCUT2D eigenvalue weighted by Gasteiger charge is 2.26. The number of carbonyl (C=O) groups excluding carboxylic acids is 1. The summed E-state index contributed by atoms with van der Waals surface area (Å²) in [5.41, 5.74) is 1.13. The van der Waals surface area contributed by atoms with Crippen molar-refractivity contribution in [3.8, 4) is 11.5 Å². The molecule has 34 heavy (non-hydrogen) atoms. The largest absolute Gasteiger partial charge is 0.497 e. The van der Waals surface area contributed by atoms with E-state index in [1.807, 2.05) is 24.3 Å². The van der Waals surface area contributed by atoms with Crippen LogP contribution in [-0.4, -0.2) is 46.5 Å². The Hall–Kier alpha value is -2.58. The van der Waals surface area contributed by atoms with Crippen LogP contribution in [0.1, 0.15) is 67.9 Å². The molecule has 8 heteroatoms. The van der Waals surface area contributed by atoms with Crippen molar-refractivity contribution < 1.29 is 22.7 Å². The topological polar surface area (TPSA) is 84.9 Å². The van der Waals surface area contributed by atoms with Crippen molar-refractivity contribution in [2.45, 2.75) is 56.9 Å². The van der Waals surface area contributed by atoms with Crippen molar-refractivity contribution in [3.63, 3.8) is 0 Å². The molecule has 0 saturated carbocycles. The fraction of sp³-hybridized carbons (Fsp3) is 0.500. The first-order chi connectivity index (χ1) is 16.2. The molecule has 1 N–H and O–H groups in total. The summed E-state index contributed by atoms with van der Waals surface area (Å²) >= 11 is 0. The first-order valence-corrected chi connectivity index (χ1v) is 13.4. The lowest BCUT2D eigenvalue weighted by atomic mass is 9.98. The number of carbonyl (C=O) groups is 1. The van der Waals surface area contributed by atoms with E-state index >= 15 is 0 Å². The molecule has 0 unspecified atom stereocenters. The SMILES string of the molecule is COc1ccc([C@@H](CC(C)C)NS(=O)(=O)c2ccc(OC)c(C(=O)N3CCCCCC3)c2)cc1. The second-order valence-corrected chi connectivity index (χ2v) is 10.9. The van der Waals surface area contributed by atoms with Gasteiger partial charge in [0.25, 0.3) is 5.91 Å². The van der Waals surface area contributed by atoms with E-state index in [1.54, 1.807) is 18.1 Å². The van der Waals surface area contributed by atoms with Crippen LogP contribution in [0.15, 0.2) is 47.4 Å². The zero-order chi connectivity index (χ0) is 24.7. The molecule has 1 amide bonds. The Balaban J connectivity index is 1.91. The normalized spacial score (nSPS) is 15.6. The van der Waals surface area contributed by atoms with Gasteiger partial charge in [-0.15, -0.1) is 0 Å². The van der Waals surface area contributed by atoms with Gasteiger partial charge in [-0.1, -0.05) is 38.8 Å². The van der Waals surface area contributed by atoms with Gasteiger partial charge in [0, 0.05) is 19.1 Å². The minimum absolute atomic E-state index is 0.0498. The Bertz CT molecular complexity index is 1060. The number of nitrogens with zero attached hydrogens (tertiary/aromatic N) is 1. The third-order valence-corrected chi connectivity index (χ3v) is 7.60. The third kappa shape index (κ3) is 6.51. The fourth-order valence-corrected chi connectivity index (χ4v) is 5.54. The highest BCUT2D eigenvalue weighted by Crippen LogP contribution is 2.29. The molecule has 1 atom stereocenters. The molecular weight excluding hydrogens is 452 g/mol. The Morgan fingerprint density at radius 2 is 1.62 bits per heavy atom. The second-order valence-electron chi connectivity index (χ2n) is 9.15. The van der Waals surface area contributed by atoms with E-state index in [0.29, 0.717) is 31.0 Å². The predicted octanol–water partition coefficient (Wildman–Crippen LogP) is 4.79. The van der Waals surface area contributed by atoms with Gasteiger partial charge in [-0.25, -0.2) is 13.1 Å². The van der Waals surface area contributed by atoms with Crippen LogP contribution >= 0.6 is 0 Å². The molecule has 1 aliphatic rings. The van der Waals surface area contributed by atoms with E-state index in [1.165, 1.54) is 19.2 Å². The maximum absolute atomic E-state index is 13.4. The molecule has 3 rings (SSSR count). The Morgan fingerprint density at radius 1 is 0.971 bits per heavy atom. The van der Waals surface area contributed by atoms with Gasteiger partial charge in [0.15, 0.2) is 0 Å². The molecular formula is C26H36N2O5S. The quantitative estimate of drug-likeness (QED) is 0.549. The molecule has 0 aliphatic carbocycles. The highest BCUT2D eigenvalue weighted by atomic mass is 32.2. The van der Waals surface area contributed by atoms with Crippen LogP contribution < -0.4 is 14.2 Å². The first-order valence-electron chi connectivity index (χ1n) is 11.9. The molecule has 0 spiro atoms. The van der Waals surface area contributed by atoms with E-state index in [0.717, 1.165) is 31.2 Å². The maximum Gasteiger partial charge on any atom is 0.257 e. The van der Waals surface area contributed by atoms with Crippen LogP contribution in [-0.2, 0) is 10.0 Å². The van der Waals surface area contributed by atoms with Gasteiger partial charge in [0.05, 0.1) is 24.7 Å². The summed E-state index contributed by atoms with van der Waals surface area (Å²) in [6, 6.07) is 11.5. The Labute approximate surface area is 203 Å². The first kappa shape index (κ1) is 26.0. The van der Waals surface area contributed by atoms with Crippen molar-refractivity contribution in [2.75, 3.05) is 27.3 Å². The van der Waals surface area contributed by atoms with Crippen molar-refractivity contribution >= 4 is 15.9 Å². The standard InChI is InChI=1S/C26H36N2O5S/c1-19(2)17-24(20-9-11-21(32-3)12-10-20)27-34(30,31)22-13-14-25(33-4)23(18-22)26(29)28-15-7-5-6-8-16-28/h9-14,18-19,24,27H,5-8,15-17H2,1-4H3/t24-/m1/s1. The number of benzene rings is 2. The van der Waals surface area contributed by atoms with Gasteiger partial charge in [-0.3, -0.25) is 4.79 Å². The number of rotatable bonds is 9.